The van der Waals surface area contributed by atoms with Crippen molar-refractivity contribution in [2.75, 3.05) is 25.0 Å². The van der Waals surface area contributed by atoms with E-state index in [1.54, 1.807) is 4.90 Å². The molecule has 1 atom stereocenters. The van der Waals surface area contributed by atoms with Crippen molar-refractivity contribution in [3.63, 3.8) is 0 Å². The number of carbonyl (C=O) groups excluding carboxylic acids is 1. The van der Waals surface area contributed by atoms with Crippen LogP contribution in [0.25, 0.3) is 0 Å². The number of hydrogen-bond donors (Lipinski definition) is 2. The maximum Gasteiger partial charge on any atom is 0.322 e. The zero-order valence-corrected chi connectivity index (χ0v) is 11.3. The summed E-state index contributed by atoms with van der Waals surface area (Å²) in [4.78, 5) is 13.7. The molecule has 0 aromatic heterocycles. The van der Waals surface area contributed by atoms with Crippen LogP contribution in [-0.2, 0) is 0 Å². The van der Waals surface area contributed by atoms with Crippen molar-refractivity contribution in [1.82, 2.24) is 10.6 Å². The average Bonchev–Trinajstić information content (AvgIpc) is 2.68. The van der Waals surface area contributed by atoms with Crippen LogP contribution in [-0.4, -0.2) is 32.2 Å². The molecule has 1 saturated heterocycles. The Morgan fingerprint density at radius 2 is 2.29 bits per heavy atom. The van der Waals surface area contributed by atoms with Gasteiger partial charge in [0.2, 0.25) is 0 Å². The van der Waals surface area contributed by atoms with Crippen LogP contribution < -0.4 is 15.5 Å². The SMILES string of the molecule is CNCCC1CN(c2ccccc2Br)C(=O)N1. The van der Waals surface area contributed by atoms with Gasteiger partial charge < -0.3 is 10.6 Å². The van der Waals surface area contributed by atoms with Crippen molar-refractivity contribution < 1.29 is 4.79 Å². The fourth-order valence-electron chi connectivity index (χ4n) is 1.96. The van der Waals surface area contributed by atoms with E-state index in [0.717, 1.165) is 29.7 Å². The number of rotatable bonds is 4. The van der Waals surface area contributed by atoms with Gasteiger partial charge in [-0.3, -0.25) is 4.90 Å². The van der Waals surface area contributed by atoms with Gasteiger partial charge in [0, 0.05) is 17.1 Å². The highest BCUT2D eigenvalue weighted by atomic mass is 79.9. The highest BCUT2D eigenvalue weighted by Crippen LogP contribution is 2.27. The molecule has 0 bridgehead atoms. The predicted octanol–water partition coefficient (Wildman–Crippen LogP) is 1.96. The monoisotopic (exact) mass is 297 g/mol. The van der Waals surface area contributed by atoms with Crippen LogP contribution >= 0.6 is 15.9 Å². The molecular formula is C12H16BrN3O. The van der Waals surface area contributed by atoms with Crippen molar-refractivity contribution in [3.8, 4) is 0 Å². The highest BCUT2D eigenvalue weighted by Gasteiger charge is 2.30. The van der Waals surface area contributed by atoms with E-state index in [9.17, 15) is 4.79 Å². The standard InChI is InChI=1S/C12H16BrN3O/c1-14-7-6-9-8-16(12(17)15-9)11-5-3-2-4-10(11)13/h2-5,9,14H,6-8H2,1H3,(H,15,17). The lowest BCUT2D eigenvalue weighted by atomic mass is 10.2. The van der Waals surface area contributed by atoms with E-state index in [0.29, 0.717) is 0 Å². The molecule has 4 nitrogen and oxygen atoms in total. The van der Waals surface area contributed by atoms with Crippen LogP contribution in [0, 0.1) is 0 Å². The summed E-state index contributed by atoms with van der Waals surface area (Å²) in [7, 11) is 1.92. The number of para-hydroxylation sites is 1. The lowest BCUT2D eigenvalue weighted by molar-refractivity contribution is 0.250. The lowest BCUT2D eigenvalue weighted by Gasteiger charge is -2.16. The summed E-state index contributed by atoms with van der Waals surface area (Å²) in [5.74, 6) is 0. The molecule has 2 N–H and O–H groups in total. The summed E-state index contributed by atoms with van der Waals surface area (Å²) >= 11 is 3.47. The predicted molar refractivity (Wildman–Crippen MR) is 72.4 cm³/mol. The first-order valence-electron chi connectivity index (χ1n) is 5.69. The molecule has 2 amide bonds. The normalized spacial score (nSPS) is 19.5. The molecule has 2 rings (SSSR count). The van der Waals surface area contributed by atoms with E-state index in [1.807, 2.05) is 31.3 Å². The summed E-state index contributed by atoms with van der Waals surface area (Å²) in [6.45, 7) is 1.64. The second kappa shape index (κ2) is 5.51. The molecule has 0 aliphatic carbocycles. The van der Waals surface area contributed by atoms with Gasteiger partial charge in [-0.15, -0.1) is 0 Å². The third kappa shape index (κ3) is 2.79. The van der Waals surface area contributed by atoms with Crippen LogP contribution in [0.4, 0.5) is 10.5 Å². The first kappa shape index (κ1) is 12.4. The number of carbonyl (C=O) groups is 1. The number of halogens is 1. The van der Waals surface area contributed by atoms with E-state index < -0.39 is 0 Å². The number of amides is 2. The summed E-state index contributed by atoms with van der Waals surface area (Å²) < 4.78 is 0.949. The quantitative estimate of drug-likeness (QED) is 0.892. The van der Waals surface area contributed by atoms with E-state index in [2.05, 4.69) is 26.6 Å². The van der Waals surface area contributed by atoms with E-state index >= 15 is 0 Å². The molecule has 5 heteroatoms. The minimum Gasteiger partial charge on any atom is -0.333 e. The fourth-order valence-corrected chi connectivity index (χ4v) is 2.46. The van der Waals surface area contributed by atoms with E-state index in [1.165, 1.54) is 0 Å². The number of anilines is 1. The van der Waals surface area contributed by atoms with Crippen molar-refractivity contribution in [2.24, 2.45) is 0 Å². The third-order valence-electron chi connectivity index (χ3n) is 2.86. The molecule has 1 aromatic rings. The molecule has 17 heavy (non-hydrogen) atoms. The van der Waals surface area contributed by atoms with Crippen molar-refractivity contribution in [3.05, 3.63) is 28.7 Å². The van der Waals surface area contributed by atoms with Crippen LogP contribution in [0.2, 0.25) is 0 Å². The number of urea groups is 1. The van der Waals surface area contributed by atoms with Crippen molar-refractivity contribution >= 4 is 27.6 Å². The minimum atomic E-state index is -0.0157. The molecule has 1 aliphatic rings. The first-order chi connectivity index (χ1) is 8.22. The van der Waals surface area contributed by atoms with Gasteiger partial charge >= 0.3 is 6.03 Å². The van der Waals surface area contributed by atoms with Gasteiger partial charge in [0.15, 0.2) is 0 Å². The number of nitrogens with zero attached hydrogens (tertiary/aromatic N) is 1. The largest absolute Gasteiger partial charge is 0.333 e. The molecule has 0 saturated carbocycles. The smallest absolute Gasteiger partial charge is 0.322 e. The molecule has 1 fully saturated rings. The lowest BCUT2D eigenvalue weighted by Crippen LogP contribution is -2.30. The number of nitrogens with one attached hydrogen (secondary N) is 2. The molecule has 92 valence electrons. The first-order valence-corrected chi connectivity index (χ1v) is 6.49. The molecule has 0 spiro atoms. The second-order valence-corrected chi connectivity index (χ2v) is 4.95. The summed E-state index contributed by atoms with van der Waals surface area (Å²) in [5.41, 5.74) is 0.928. The maximum absolute atomic E-state index is 11.9. The van der Waals surface area contributed by atoms with Crippen LogP contribution in [0.3, 0.4) is 0 Å². The fraction of sp³-hybridized carbons (Fsp3) is 0.417. The summed E-state index contributed by atoms with van der Waals surface area (Å²) in [5, 5.41) is 6.09. The van der Waals surface area contributed by atoms with E-state index in [-0.39, 0.29) is 12.1 Å². The van der Waals surface area contributed by atoms with Crippen LogP contribution in [0.1, 0.15) is 6.42 Å². The molecular weight excluding hydrogens is 282 g/mol. The number of benzene rings is 1. The van der Waals surface area contributed by atoms with E-state index in [4.69, 9.17) is 0 Å². The van der Waals surface area contributed by atoms with Gasteiger partial charge in [0.25, 0.3) is 0 Å². The Morgan fingerprint density at radius 1 is 1.53 bits per heavy atom. The van der Waals surface area contributed by atoms with Gasteiger partial charge in [-0.25, -0.2) is 4.79 Å². The molecule has 1 aliphatic heterocycles. The Labute approximate surface area is 110 Å². The topological polar surface area (TPSA) is 44.4 Å². The number of hydrogen-bond acceptors (Lipinski definition) is 2. The van der Waals surface area contributed by atoms with Crippen molar-refractivity contribution in [1.29, 1.82) is 0 Å². The molecule has 1 aromatic carbocycles. The van der Waals surface area contributed by atoms with Crippen molar-refractivity contribution in [2.45, 2.75) is 12.5 Å². The van der Waals surface area contributed by atoms with Gasteiger partial charge in [-0.1, -0.05) is 12.1 Å². The Kier molecular flexibility index (Phi) is 4.02. The zero-order chi connectivity index (χ0) is 12.3. The molecule has 0 radical (unpaired) electrons. The average molecular weight is 298 g/mol. The van der Waals surface area contributed by atoms with Gasteiger partial charge in [-0.05, 0) is 48.1 Å². The highest BCUT2D eigenvalue weighted by molar-refractivity contribution is 9.10. The Morgan fingerprint density at radius 3 is 3.00 bits per heavy atom. The Bertz CT molecular complexity index is 410. The van der Waals surface area contributed by atoms with Gasteiger partial charge in [0.05, 0.1) is 5.69 Å². The summed E-state index contributed by atoms with van der Waals surface area (Å²) in [6.07, 6.45) is 0.948. The molecule has 1 unspecified atom stereocenters. The Hall–Kier alpha value is -1.07. The second-order valence-electron chi connectivity index (χ2n) is 4.10. The third-order valence-corrected chi connectivity index (χ3v) is 3.53. The summed E-state index contributed by atoms with van der Waals surface area (Å²) in [6, 6.07) is 7.99. The van der Waals surface area contributed by atoms with Gasteiger partial charge in [0.1, 0.15) is 0 Å². The minimum absolute atomic E-state index is 0.0157. The maximum atomic E-state index is 11.9. The van der Waals surface area contributed by atoms with Crippen LogP contribution in [0.5, 0.6) is 0 Å². The Balaban J connectivity index is 2.08. The molecule has 1 heterocycles. The zero-order valence-electron chi connectivity index (χ0n) is 9.74. The van der Waals surface area contributed by atoms with Gasteiger partial charge in [-0.2, -0.15) is 0 Å². The van der Waals surface area contributed by atoms with Crippen LogP contribution in [0.15, 0.2) is 28.7 Å².